The van der Waals surface area contributed by atoms with E-state index in [1.807, 2.05) is 24.3 Å². The molecular weight excluding hydrogens is 676 g/mol. The van der Waals surface area contributed by atoms with Crippen LogP contribution in [0.4, 0.5) is 11.5 Å². The first-order chi connectivity index (χ1) is 25.7. The highest BCUT2D eigenvalue weighted by molar-refractivity contribution is 6.00. The highest BCUT2D eigenvalue weighted by Gasteiger charge is 2.30. The standard InChI is InChI=1S/C39H42N8O6/c1-24-43-29-11-8-10-28(35(29)39(52)47(24)31-17-18-34(49)44-38(31)51)41-20-6-2-3-7-21-42-37(50)26-15-13-25(14-16-26)19-22-53-33-23-30(45-46-36(33)40)27-9-4-5-12-32(27)48/h4-5,8-16,23,31,41,48H,2-3,6-7,17-22H2,1H3,(H2,40,46)(H,42,50)(H,44,49,51). The van der Waals surface area contributed by atoms with Crippen LogP contribution in [-0.2, 0) is 16.0 Å². The Kier molecular flexibility index (Phi) is 11.6. The number of carbonyl (C=O) groups is 3. The molecule has 14 nitrogen and oxygen atoms in total. The van der Waals surface area contributed by atoms with Crippen LogP contribution in [0.15, 0.2) is 77.6 Å². The summed E-state index contributed by atoms with van der Waals surface area (Å²) in [7, 11) is 0. The first kappa shape index (κ1) is 36.5. The minimum atomic E-state index is -0.777. The van der Waals surface area contributed by atoms with Gasteiger partial charge in [0.15, 0.2) is 11.6 Å². The number of nitrogens with two attached hydrogens (primary N) is 1. The van der Waals surface area contributed by atoms with Gasteiger partial charge in [-0.3, -0.25) is 29.1 Å². The van der Waals surface area contributed by atoms with E-state index in [-0.39, 0.29) is 41.8 Å². The molecule has 53 heavy (non-hydrogen) atoms. The molecule has 1 aliphatic heterocycles. The number of aromatic hydroxyl groups is 1. The van der Waals surface area contributed by atoms with Gasteiger partial charge in [-0.1, -0.05) is 43.2 Å². The van der Waals surface area contributed by atoms with Crippen LogP contribution in [0.1, 0.15) is 66.3 Å². The first-order valence-corrected chi connectivity index (χ1v) is 17.7. The van der Waals surface area contributed by atoms with Crippen molar-refractivity contribution in [2.75, 3.05) is 30.7 Å². The smallest absolute Gasteiger partial charge is 0.264 e. The number of para-hydroxylation sites is 1. The fourth-order valence-electron chi connectivity index (χ4n) is 6.35. The fourth-order valence-corrected chi connectivity index (χ4v) is 6.35. The molecule has 0 radical (unpaired) electrons. The van der Waals surface area contributed by atoms with E-state index in [4.69, 9.17) is 10.5 Å². The van der Waals surface area contributed by atoms with Gasteiger partial charge in [0, 0.05) is 48.8 Å². The third-order valence-electron chi connectivity index (χ3n) is 9.16. The lowest BCUT2D eigenvalue weighted by Gasteiger charge is -2.24. The summed E-state index contributed by atoms with van der Waals surface area (Å²) >= 11 is 0. The van der Waals surface area contributed by atoms with Crippen molar-refractivity contribution in [3.05, 3.63) is 100 Å². The Hall–Kier alpha value is -6.31. The summed E-state index contributed by atoms with van der Waals surface area (Å²) < 4.78 is 7.26. The number of carbonyl (C=O) groups excluding carboxylic acids is 3. The van der Waals surface area contributed by atoms with E-state index in [1.54, 1.807) is 55.5 Å². The number of aromatic nitrogens is 4. The summed E-state index contributed by atoms with van der Waals surface area (Å²) in [6, 6.07) is 20.5. The molecule has 3 heterocycles. The Bertz CT molecular complexity index is 2190. The zero-order chi connectivity index (χ0) is 37.3. The van der Waals surface area contributed by atoms with E-state index < -0.39 is 11.9 Å². The van der Waals surface area contributed by atoms with Crippen LogP contribution in [0.25, 0.3) is 22.2 Å². The third-order valence-corrected chi connectivity index (χ3v) is 9.16. The van der Waals surface area contributed by atoms with Gasteiger partial charge in [-0.25, -0.2) is 4.98 Å². The van der Waals surface area contributed by atoms with Crippen molar-refractivity contribution in [3.8, 4) is 22.8 Å². The maximum atomic E-state index is 13.6. The van der Waals surface area contributed by atoms with Crippen molar-refractivity contribution < 1.29 is 24.2 Å². The zero-order valence-corrected chi connectivity index (χ0v) is 29.4. The van der Waals surface area contributed by atoms with Crippen molar-refractivity contribution in [3.63, 3.8) is 0 Å². The van der Waals surface area contributed by atoms with E-state index in [0.29, 0.717) is 71.1 Å². The first-order valence-electron chi connectivity index (χ1n) is 17.7. The topological polar surface area (TPSA) is 203 Å². The lowest BCUT2D eigenvalue weighted by atomic mass is 10.1. The Morgan fingerprint density at radius 1 is 0.981 bits per heavy atom. The average Bonchev–Trinajstić information content (AvgIpc) is 3.14. The van der Waals surface area contributed by atoms with E-state index >= 15 is 0 Å². The van der Waals surface area contributed by atoms with Gasteiger partial charge in [-0.15, -0.1) is 10.2 Å². The number of phenolic OH excluding ortho intramolecular Hbond substituents is 1. The molecule has 3 aromatic carbocycles. The number of nitrogens with zero attached hydrogens (tertiary/aromatic N) is 4. The highest BCUT2D eigenvalue weighted by Crippen LogP contribution is 2.31. The molecule has 0 saturated carbocycles. The number of aryl methyl sites for hydroxylation is 1. The van der Waals surface area contributed by atoms with Crippen LogP contribution in [-0.4, -0.2) is 62.3 Å². The minimum absolute atomic E-state index is 0.0866. The lowest BCUT2D eigenvalue weighted by molar-refractivity contribution is -0.135. The molecule has 1 unspecified atom stereocenters. The number of nitrogen functional groups attached to an aromatic ring is 1. The van der Waals surface area contributed by atoms with Crippen LogP contribution in [0.5, 0.6) is 11.5 Å². The molecule has 1 fully saturated rings. The van der Waals surface area contributed by atoms with Gasteiger partial charge in [0.05, 0.1) is 17.5 Å². The second-order valence-corrected chi connectivity index (χ2v) is 12.9. The van der Waals surface area contributed by atoms with E-state index in [2.05, 4.69) is 31.1 Å². The second kappa shape index (κ2) is 16.8. The summed E-state index contributed by atoms with van der Waals surface area (Å²) in [5.74, 6) is 0.0836. The van der Waals surface area contributed by atoms with Gasteiger partial charge in [0.25, 0.3) is 11.5 Å². The van der Waals surface area contributed by atoms with Gasteiger partial charge in [-0.2, -0.15) is 0 Å². The molecule has 6 rings (SSSR count). The van der Waals surface area contributed by atoms with Gasteiger partial charge >= 0.3 is 0 Å². The second-order valence-electron chi connectivity index (χ2n) is 12.9. The predicted octanol–water partition coefficient (Wildman–Crippen LogP) is 4.45. The summed E-state index contributed by atoms with van der Waals surface area (Å²) in [6.45, 7) is 3.22. The molecule has 1 atom stereocenters. The quantitative estimate of drug-likeness (QED) is 0.0756. The maximum absolute atomic E-state index is 13.6. The Morgan fingerprint density at radius 2 is 1.75 bits per heavy atom. The normalized spacial score (nSPS) is 14.2. The Labute approximate surface area is 305 Å². The highest BCUT2D eigenvalue weighted by atomic mass is 16.5. The number of fused-ring (bicyclic) bond motifs is 1. The molecule has 3 amide bonds. The van der Waals surface area contributed by atoms with E-state index in [0.717, 1.165) is 31.2 Å². The summed E-state index contributed by atoms with van der Waals surface area (Å²) in [5, 5.41) is 27.2. The Morgan fingerprint density at radius 3 is 2.53 bits per heavy atom. The molecule has 14 heteroatoms. The van der Waals surface area contributed by atoms with Gasteiger partial charge in [0.2, 0.25) is 11.8 Å². The predicted molar refractivity (Wildman–Crippen MR) is 201 cm³/mol. The molecular formula is C39H42N8O6. The van der Waals surface area contributed by atoms with Crippen LogP contribution in [0.2, 0.25) is 0 Å². The molecule has 0 bridgehead atoms. The Balaban J connectivity index is 0.907. The number of amides is 3. The maximum Gasteiger partial charge on any atom is 0.264 e. The number of hydrogen-bond donors (Lipinski definition) is 5. The molecule has 5 aromatic rings. The summed E-state index contributed by atoms with van der Waals surface area (Å²) in [6.07, 6.45) is 4.55. The van der Waals surface area contributed by atoms with Crippen LogP contribution in [0, 0.1) is 6.92 Å². The molecule has 274 valence electrons. The van der Waals surface area contributed by atoms with Crippen molar-refractivity contribution in [2.45, 2.75) is 57.9 Å². The number of phenols is 1. The van der Waals surface area contributed by atoms with E-state index in [9.17, 15) is 24.3 Å². The van der Waals surface area contributed by atoms with Crippen molar-refractivity contribution >= 4 is 40.1 Å². The lowest BCUT2D eigenvalue weighted by Crippen LogP contribution is -2.45. The minimum Gasteiger partial charge on any atom is -0.507 e. The average molecular weight is 719 g/mol. The number of anilines is 2. The number of benzene rings is 3. The largest absolute Gasteiger partial charge is 0.507 e. The number of nitrogens with one attached hydrogen (secondary N) is 3. The van der Waals surface area contributed by atoms with Crippen molar-refractivity contribution in [2.24, 2.45) is 0 Å². The molecule has 0 aliphatic carbocycles. The fraction of sp³-hybridized carbons (Fsp3) is 0.308. The molecule has 1 aliphatic rings. The van der Waals surface area contributed by atoms with Crippen LogP contribution < -0.4 is 32.0 Å². The molecule has 6 N–H and O–H groups in total. The molecule has 2 aromatic heterocycles. The number of ether oxygens (including phenoxy) is 1. The van der Waals surface area contributed by atoms with Gasteiger partial charge in [-0.05, 0) is 68.1 Å². The zero-order valence-electron chi connectivity index (χ0n) is 29.4. The summed E-state index contributed by atoms with van der Waals surface area (Å²) in [4.78, 5) is 55.1. The number of piperidine rings is 1. The van der Waals surface area contributed by atoms with E-state index in [1.165, 1.54) is 4.57 Å². The van der Waals surface area contributed by atoms with Crippen LogP contribution in [0.3, 0.4) is 0 Å². The van der Waals surface area contributed by atoms with Gasteiger partial charge < -0.3 is 26.2 Å². The number of hydrogen-bond acceptors (Lipinski definition) is 11. The van der Waals surface area contributed by atoms with Crippen LogP contribution >= 0.6 is 0 Å². The van der Waals surface area contributed by atoms with Crippen molar-refractivity contribution in [1.82, 2.24) is 30.4 Å². The third kappa shape index (κ3) is 8.78. The van der Waals surface area contributed by atoms with Gasteiger partial charge in [0.1, 0.15) is 23.3 Å². The number of rotatable bonds is 15. The molecule has 1 saturated heterocycles. The number of imide groups is 1. The number of unbranched alkanes of at least 4 members (excludes halogenated alkanes) is 3. The van der Waals surface area contributed by atoms with Crippen molar-refractivity contribution in [1.29, 1.82) is 0 Å². The monoisotopic (exact) mass is 718 g/mol. The SMILES string of the molecule is Cc1nc2cccc(NCCCCCCNC(=O)c3ccc(CCOc4cc(-c5ccccc5O)nnc4N)cc3)c2c(=O)n1C1CCC(=O)NC1=O. The molecule has 0 spiro atoms. The summed E-state index contributed by atoms with van der Waals surface area (Å²) in [5.41, 5.74) is 9.40.